The van der Waals surface area contributed by atoms with Gasteiger partial charge in [-0.3, -0.25) is 4.79 Å². The predicted octanol–water partition coefficient (Wildman–Crippen LogP) is 3.65. The summed E-state index contributed by atoms with van der Waals surface area (Å²) in [5.74, 6) is 0.892. The van der Waals surface area contributed by atoms with Gasteiger partial charge in [-0.2, -0.15) is 5.26 Å². The molecule has 2 rings (SSSR count). The second kappa shape index (κ2) is 9.14. The zero-order chi connectivity index (χ0) is 18.9. The molecule has 0 aliphatic rings. The van der Waals surface area contributed by atoms with Crippen molar-refractivity contribution < 1.29 is 19.0 Å². The number of anilines is 1. The quantitative estimate of drug-likeness (QED) is 0.608. The van der Waals surface area contributed by atoms with Gasteiger partial charge >= 0.3 is 0 Å². The molecule has 0 atom stereocenters. The number of carbonyl (C=O) groups is 1. The van der Waals surface area contributed by atoms with Crippen LogP contribution >= 0.6 is 0 Å². The van der Waals surface area contributed by atoms with Crippen molar-refractivity contribution in [2.75, 3.05) is 26.1 Å². The highest BCUT2D eigenvalue weighted by atomic mass is 16.5. The number of nitriles is 1. The summed E-state index contributed by atoms with van der Waals surface area (Å²) in [6.07, 6.45) is 1.47. The van der Waals surface area contributed by atoms with E-state index in [4.69, 9.17) is 14.2 Å². The number of amides is 1. The average molecular weight is 352 g/mol. The van der Waals surface area contributed by atoms with Gasteiger partial charge in [0.2, 0.25) is 5.75 Å². The molecule has 0 radical (unpaired) electrons. The standard InChI is InChI=1S/C20H20N2O4/c1-4-26-19-17(24-2)11-14(12-18(19)25-3)10-15(13-21)20(23)22-16-8-6-5-7-9-16/h5-12H,4H2,1-3H3,(H,22,23). The highest BCUT2D eigenvalue weighted by molar-refractivity contribution is 6.09. The fraction of sp³-hybridized carbons (Fsp3) is 0.200. The fourth-order valence-corrected chi connectivity index (χ4v) is 2.31. The Balaban J connectivity index is 2.36. The molecule has 0 aliphatic carbocycles. The first-order valence-electron chi connectivity index (χ1n) is 8.00. The summed E-state index contributed by atoms with van der Waals surface area (Å²) >= 11 is 0. The van der Waals surface area contributed by atoms with Crippen LogP contribution in [0, 0.1) is 11.3 Å². The summed E-state index contributed by atoms with van der Waals surface area (Å²) in [6.45, 7) is 2.30. The number of para-hydroxylation sites is 1. The van der Waals surface area contributed by atoms with Crippen molar-refractivity contribution in [1.29, 1.82) is 5.26 Å². The van der Waals surface area contributed by atoms with Gasteiger partial charge in [0, 0.05) is 5.69 Å². The van der Waals surface area contributed by atoms with Gasteiger partial charge in [0.1, 0.15) is 11.6 Å². The molecule has 6 heteroatoms. The molecule has 2 aromatic rings. The van der Waals surface area contributed by atoms with E-state index in [0.717, 1.165) is 0 Å². The number of rotatable bonds is 7. The Kier molecular flexibility index (Phi) is 6.63. The summed E-state index contributed by atoms with van der Waals surface area (Å²) in [5, 5.41) is 12.0. The largest absolute Gasteiger partial charge is 0.493 e. The normalized spacial score (nSPS) is 10.6. The lowest BCUT2D eigenvalue weighted by Crippen LogP contribution is -2.13. The van der Waals surface area contributed by atoms with Crippen LogP contribution in [0.25, 0.3) is 6.08 Å². The molecule has 0 bridgehead atoms. The molecule has 6 nitrogen and oxygen atoms in total. The van der Waals surface area contributed by atoms with Crippen LogP contribution in [0.5, 0.6) is 17.2 Å². The predicted molar refractivity (Wildman–Crippen MR) is 99.4 cm³/mol. The van der Waals surface area contributed by atoms with Crippen LogP contribution in [0.15, 0.2) is 48.0 Å². The topological polar surface area (TPSA) is 80.6 Å². The zero-order valence-electron chi connectivity index (χ0n) is 14.9. The van der Waals surface area contributed by atoms with Gasteiger partial charge in [0.25, 0.3) is 5.91 Å². The van der Waals surface area contributed by atoms with Gasteiger partial charge in [-0.15, -0.1) is 0 Å². The summed E-state index contributed by atoms with van der Waals surface area (Å²) in [6, 6.07) is 14.2. The second-order valence-corrected chi connectivity index (χ2v) is 5.18. The third kappa shape index (κ3) is 4.54. The Morgan fingerprint density at radius 1 is 1.15 bits per heavy atom. The van der Waals surface area contributed by atoms with E-state index in [-0.39, 0.29) is 5.57 Å². The van der Waals surface area contributed by atoms with E-state index in [1.807, 2.05) is 19.1 Å². The molecule has 0 saturated carbocycles. The van der Waals surface area contributed by atoms with Crippen molar-refractivity contribution in [3.63, 3.8) is 0 Å². The number of hydrogen-bond acceptors (Lipinski definition) is 5. The Labute approximate surface area is 152 Å². The van der Waals surface area contributed by atoms with E-state index in [1.54, 1.807) is 36.4 Å². The maximum absolute atomic E-state index is 12.3. The van der Waals surface area contributed by atoms with Crippen LogP contribution in [0.3, 0.4) is 0 Å². The minimum Gasteiger partial charge on any atom is -0.493 e. The summed E-state index contributed by atoms with van der Waals surface area (Å²) in [4.78, 5) is 12.3. The van der Waals surface area contributed by atoms with Crippen LogP contribution in [-0.4, -0.2) is 26.7 Å². The van der Waals surface area contributed by atoms with Gasteiger partial charge < -0.3 is 19.5 Å². The third-order valence-electron chi connectivity index (χ3n) is 3.48. The van der Waals surface area contributed by atoms with Gasteiger partial charge in [-0.05, 0) is 42.8 Å². The maximum atomic E-state index is 12.3. The number of ether oxygens (including phenoxy) is 3. The number of nitrogens with zero attached hydrogens (tertiary/aromatic N) is 1. The summed E-state index contributed by atoms with van der Waals surface area (Å²) < 4.78 is 16.2. The Bertz CT molecular complexity index is 814. The summed E-state index contributed by atoms with van der Waals surface area (Å²) in [7, 11) is 3.02. The minimum atomic E-state index is -0.495. The monoisotopic (exact) mass is 352 g/mol. The van der Waals surface area contributed by atoms with Crippen LogP contribution in [0.2, 0.25) is 0 Å². The molecule has 0 unspecified atom stereocenters. The van der Waals surface area contributed by atoms with Crippen LogP contribution in [0.4, 0.5) is 5.69 Å². The Hall–Kier alpha value is -3.46. The lowest BCUT2D eigenvalue weighted by atomic mass is 10.1. The van der Waals surface area contributed by atoms with Crippen molar-refractivity contribution >= 4 is 17.7 Å². The summed E-state index contributed by atoms with van der Waals surface area (Å²) in [5.41, 5.74) is 1.16. The first-order chi connectivity index (χ1) is 12.6. The first kappa shape index (κ1) is 18.9. The molecular formula is C20H20N2O4. The first-order valence-corrected chi connectivity index (χ1v) is 8.00. The molecule has 0 fully saturated rings. The van der Waals surface area contributed by atoms with Crippen molar-refractivity contribution in [2.45, 2.75) is 6.92 Å². The van der Waals surface area contributed by atoms with Crippen LogP contribution in [-0.2, 0) is 4.79 Å². The van der Waals surface area contributed by atoms with Gasteiger partial charge in [-0.1, -0.05) is 18.2 Å². The Morgan fingerprint density at radius 2 is 1.77 bits per heavy atom. The minimum absolute atomic E-state index is 0.0397. The molecule has 0 aromatic heterocycles. The Morgan fingerprint density at radius 3 is 2.27 bits per heavy atom. The molecule has 0 spiro atoms. The number of benzene rings is 2. The second-order valence-electron chi connectivity index (χ2n) is 5.18. The lowest BCUT2D eigenvalue weighted by Gasteiger charge is -2.14. The number of methoxy groups -OCH3 is 2. The van der Waals surface area contributed by atoms with Crippen molar-refractivity contribution in [2.24, 2.45) is 0 Å². The third-order valence-corrected chi connectivity index (χ3v) is 3.48. The highest BCUT2D eigenvalue weighted by Gasteiger charge is 2.15. The van der Waals surface area contributed by atoms with E-state index in [2.05, 4.69) is 5.32 Å². The van der Waals surface area contributed by atoms with E-state index in [0.29, 0.717) is 35.1 Å². The smallest absolute Gasteiger partial charge is 0.266 e. The van der Waals surface area contributed by atoms with Gasteiger partial charge in [0.05, 0.1) is 20.8 Å². The molecule has 0 heterocycles. The molecule has 26 heavy (non-hydrogen) atoms. The van der Waals surface area contributed by atoms with Crippen LogP contribution < -0.4 is 19.5 Å². The van der Waals surface area contributed by atoms with E-state index >= 15 is 0 Å². The van der Waals surface area contributed by atoms with Gasteiger partial charge in [-0.25, -0.2) is 0 Å². The van der Waals surface area contributed by atoms with Crippen LogP contribution in [0.1, 0.15) is 12.5 Å². The number of carbonyl (C=O) groups excluding carboxylic acids is 1. The molecule has 0 aliphatic heterocycles. The number of nitrogens with one attached hydrogen (secondary N) is 1. The van der Waals surface area contributed by atoms with E-state index < -0.39 is 5.91 Å². The number of hydrogen-bond donors (Lipinski definition) is 1. The van der Waals surface area contributed by atoms with Crippen molar-refractivity contribution in [3.05, 3.63) is 53.6 Å². The molecule has 2 aromatic carbocycles. The highest BCUT2D eigenvalue weighted by Crippen LogP contribution is 2.39. The molecule has 1 N–H and O–H groups in total. The lowest BCUT2D eigenvalue weighted by molar-refractivity contribution is -0.112. The zero-order valence-corrected chi connectivity index (χ0v) is 14.9. The van der Waals surface area contributed by atoms with E-state index in [9.17, 15) is 10.1 Å². The maximum Gasteiger partial charge on any atom is 0.266 e. The van der Waals surface area contributed by atoms with Crippen molar-refractivity contribution in [3.8, 4) is 23.3 Å². The molecule has 134 valence electrons. The molecule has 1 amide bonds. The van der Waals surface area contributed by atoms with Gasteiger partial charge in [0.15, 0.2) is 11.5 Å². The molecule has 0 saturated heterocycles. The van der Waals surface area contributed by atoms with E-state index in [1.165, 1.54) is 20.3 Å². The SMILES string of the molecule is CCOc1c(OC)cc(C=C(C#N)C(=O)Nc2ccccc2)cc1OC. The average Bonchev–Trinajstić information content (AvgIpc) is 2.67. The molecular weight excluding hydrogens is 332 g/mol. The fourth-order valence-electron chi connectivity index (χ4n) is 2.31. The van der Waals surface area contributed by atoms with Crippen molar-refractivity contribution in [1.82, 2.24) is 0 Å².